The lowest BCUT2D eigenvalue weighted by Crippen LogP contribution is -2.40. The van der Waals surface area contributed by atoms with Crippen molar-refractivity contribution in [3.05, 3.63) is 65.0 Å². The molecule has 1 aromatic heterocycles. The minimum absolute atomic E-state index is 0.00259. The second kappa shape index (κ2) is 9.82. The second-order valence-electron chi connectivity index (χ2n) is 8.83. The summed E-state index contributed by atoms with van der Waals surface area (Å²) in [4.78, 5) is 28.7. The van der Waals surface area contributed by atoms with Crippen LogP contribution in [-0.2, 0) is 11.3 Å². The Morgan fingerprint density at radius 3 is 2.19 bits per heavy atom. The smallest absolute Gasteiger partial charge is 0.259 e. The number of hydrogen-bond acceptors (Lipinski definition) is 3. The molecule has 0 radical (unpaired) electrons. The van der Waals surface area contributed by atoms with E-state index in [2.05, 4.69) is 27.7 Å². The third-order valence-electron chi connectivity index (χ3n) is 5.21. The average molecular weight is 421 g/mol. The maximum Gasteiger partial charge on any atom is 0.259 e. The van der Waals surface area contributed by atoms with E-state index in [0.717, 1.165) is 10.9 Å². The van der Waals surface area contributed by atoms with Gasteiger partial charge in [0.05, 0.1) is 12.6 Å². The van der Waals surface area contributed by atoms with Gasteiger partial charge >= 0.3 is 0 Å². The number of benzene rings is 2. The number of fused-ring (bicyclic) bond motifs is 1. The number of hydrogen-bond donors (Lipinski definition) is 0. The summed E-state index contributed by atoms with van der Waals surface area (Å²) in [7, 11) is 1.60. The quantitative estimate of drug-likeness (QED) is 0.525. The highest BCUT2D eigenvalue weighted by atomic mass is 16.5. The lowest BCUT2D eigenvalue weighted by Gasteiger charge is -2.27. The number of carbonyl (C=O) groups is 1. The van der Waals surface area contributed by atoms with Crippen LogP contribution < -0.4 is 10.3 Å². The zero-order chi connectivity index (χ0) is 22.5. The summed E-state index contributed by atoms with van der Waals surface area (Å²) in [6.45, 7) is 9.75. The Morgan fingerprint density at radius 1 is 0.968 bits per heavy atom. The number of amides is 1. The summed E-state index contributed by atoms with van der Waals surface area (Å²) < 4.78 is 6.97. The van der Waals surface area contributed by atoms with E-state index in [0.29, 0.717) is 41.8 Å². The number of carbonyl (C=O) groups excluding carboxylic acids is 1. The molecule has 0 N–H and O–H groups in total. The first kappa shape index (κ1) is 22.6. The molecule has 0 spiro atoms. The van der Waals surface area contributed by atoms with Crippen molar-refractivity contribution >= 4 is 16.8 Å². The lowest BCUT2D eigenvalue weighted by molar-refractivity contribution is -0.132. The number of rotatable bonds is 8. The summed E-state index contributed by atoms with van der Waals surface area (Å²) in [5.74, 6) is 1.32. The molecule has 5 nitrogen and oxygen atoms in total. The van der Waals surface area contributed by atoms with Crippen molar-refractivity contribution in [1.82, 2.24) is 9.47 Å². The maximum atomic E-state index is 13.5. The number of methoxy groups -OCH3 is 1. The van der Waals surface area contributed by atoms with Gasteiger partial charge in [-0.1, -0.05) is 58.0 Å². The molecule has 31 heavy (non-hydrogen) atoms. The van der Waals surface area contributed by atoms with Crippen LogP contribution >= 0.6 is 0 Å². The van der Waals surface area contributed by atoms with Crippen molar-refractivity contribution in [2.24, 2.45) is 11.8 Å². The molecule has 0 fully saturated rings. The van der Waals surface area contributed by atoms with Gasteiger partial charge in [-0.15, -0.1) is 0 Å². The predicted octanol–water partition coefficient (Wildman–Crippen LogP) is 4.82. The fourth-order valence-electron chi connectivity index (χ4n) is 3.85. The van der Waals surface area contributed by atoms with Crippen LogP contribution in [0.1, 0.15) is 27.7 Å². The highest BCUT2D eigenvalue weighted by molar-refractivity contribution is 5.87. The van der Waals surface area contributed by atoms with Crippen LogP contribution in [0, 0.1) is 11.8 Å². The first-order valence-electron chi connectivity index (χ1n) is 10.8. The maximum absolute atomic E-state index is 13.5. The second-order valence-corrected chi connectivity index (χ2v) is 8.83. The Bertz CT molecular complexity index is 1090. The van der Waals surface area contributed by atoms with E-state index in [1.54, 1.807) is 11.7 Å². The largest absolute Gasteiger partial charge is 0.497 e. The highest BCUT2D eigenvalue weighted by Gasteiger charge is 2.20. The Labute approximate surface area is 184 Å². The van der Waals surface area contributed by atoms with Gasteiger partial charge in [-0.3, -0.25) is 14.2 Å². The lowest BCUT2D eigenvalue weighted by atomic mass is 10.0. The van der Waals surface area contributed by atoms with E-state index >= 15 is 0 Å². The monoisotopic (exact) mass is 420 g/mol. The molecule has 3 rings (SSSR count). The molecule has 0 saturated heterocycles. The van der Waals surface area contributed by atoms with E-state index in [-0.39, 0.29) is 18.0 Å². The third-order valence-corrected chi connectivity index (χ3v) is 5.21. The Balaban J connectivity index is 2.13. The van der Waals surface area contributed by atoms with Crippen LogP contribution in [0.2, 0.25) is 0 Å². The van der Waals surface area contributed by atoms with Crippen LogP contribution in [-0.4, -0.2) is 35.6 Å². The molecule has 0 aliphatic carbocycles. The van der Waals surface area contributed by atoms with E-state index in [1.165, 1.54) is 0 Å². The van der Waals surface area contributed by atoms with Crippen LogP contribution in [0.3, 0.4) is 0 Å². The first-order chi connectivity index (χ1) is 14.8. The summed E-state index contributed by atoms with van der Waals surface area (Å²) in [5, 5.41) is 0.895. The molecule has 164 valence electrons. The van der Waals surface area contributed by atoms with Gasteiger partial charge in [0.25, 0.3) is 5.56 Å². The Hall–Kier alpha value is -3.08. The molecule has 1 amide bonds. The van der Waals surface area contributed by atoms with E-state index in [9.17, 15) is 9.59 Å². The van der Waals surface area contributed by atoms with Crippen molar-refractivity contribution in [2.75, 3.05) is 20.2 Å². The average Bonchev–Trinajstić information content (AvgIpc) is 2.74. The van der Waals surface area contributed by atoms with E-state index in [1.807, 2.05) is 59.5 Å². The minimum Gasteiger partial charge on any atom is -0.497 e. The van der Waals surface area contributed by atoms with Gasteiger partial charge in [0.1, 0.15) is 12.3 Å². The van der Waals surface area contributed by atoms with Crippen LogP contribution in [0.25, 0.3) is 22.0 Å². The molecule has 0 bridgehead atoms. The fourth-order valence-corrected chi connectivity index (χ4v) is 3.85. The molecular weight excluding hydrogens is 388 g/mol. The Morgan fingerprint density at radius 2 is 1.61 bits per heavy atom. The summed E-state index contributed by atoms with van der Waals surface area (Å²) in [5.41, 5.74) is 1.96. The van der Waals surface area contributed by atoms with E-state index in [4.69, 9.17) is 4.74 Å². The normalized spacial score (nSPS) is 11.3. The summed E-state index contributed by atoms with van der Waals surface area (Å²) in [6.07, 6.45) is 0. The van der Waals surface area contributed by atoms with Gasteiger partial charge in [0, 0.05) is 24.7 Å². The molecule has 0 aliphatic heterocycles. The van der Waals surface area contributed by atoms with Crippen molar-refractivity contribution in [1.29, 1.82) is 0 Å². The highest BCUT2D eigenvalue weighted by Crippen LogP contribution is 2.24. The molecular formula is C26H32N2O3. The van der Waals surface area contributed by atoms with E-state index < -0.39 is 0 Å². The number of aromatic nitrogens is 1. The molecule has 1 heterocycles. The number of ether oxygens (including phenoxy) is 1. The van der Waals surface area contributed by atoms with Crippen molar-refractivity contribution in [3.8, 4) is 16.9 Å². The Kier molecular flexibility index (Phi) is 7.16. The van der Waals surface area contributed by atoms with Gasteiger partial charge in [-0.2, -0.15) is 0 Å². The molecule has 5 heteroatoms. The summed E-state index contributed by atoms with van der Waals surface area (Å²) >= 11 is 0. The molecule has 0 saturated carbocycles. The molecule has 3 aromatic rings. The van der Waals surface area contributed by atoms with Gasteiger partial charge < -0.3 is 9.64 Å². The van der Waals surface area contributed by atoms with Crippen LogP contribution in [0.5, 0.6) is 5.75 Å². The topological polar surface area (TPSA) is 51.5 Å². The predicted molar refractivity (Wildman–Crippen MR) is 126 cm³/mol. The fraction of sp³-hybridized carbons (Fsp3) is 0.385. The summed E-state index contributed by atoms with van der Waals surface area (Å²) in [6, 6.07) is 17.1. The first-order valence-corrected chi connectivity index (χ1v) is 10.8. The molecule has 2 aromatic carbocycles. The van der Waals surface area contributed by atoms with Gasteiger partial charge in [0.2, 0.25) is 5.91 Å². The van der Waals surface area contributed by atoms with Gasteiger partial charge in [-0.05, 0) is 41.0 Å². The van der Waals surface area contributed by atoms with Crippen LogP contribution in [0.4, 0.5) is 0 Å². The SMILES string of the molecule is COc1ccc2cc(-c3ccccc3)c(=O)n(CC(=O)N(CC(C)C)CC(C)C)c2c1. The third kappa shape index (κ3) is 5.35. The van der Waals surface area contributed by atoms with Crippen LogP contribution in [0.15, 0.2) is 59.4 Å². The molecule has 0 aliphatic rings. The van der Waals surface area contributed by atoms with Gasteiger partial charge in [0.15, 0.2) is 0 Å². The van der Waals surface area contributed by atoms with Crippen molar-refractivity contribution < 1.29 is 9.53 Å². The molecule has 0 unspecified atom stereocenters. The number of nitrogens with zero attached hydrogens (tertiary/aromatic N) is 2. The number of pyridine rings is 1. The minimum atomic E-state index is -0.172. The molecule has 0 atom stereocenters. The zero-order valence-electron chi connectivity index (χ0n) is 19.1. The standard InChI is InChI=1S/C26H32N2O3/c1-18(2)15-27(16-19(3)4)25(29)17-28-24-14-22(31-5)12-11-21(24)13-23(26(28)30)20-9-7-6-8-10-20/h6-14,18-19H,15-17H2,1-5H3. The van der Waals surface area contributed by atoms with Gasteiger partial charge in [-0.25, -0.2) is 0 Å². The van der Waals surface area contributed by atoms with Crippen molar-refractivity contribution in [2.45, 2.75) is 34.2 Å². The zero-order valence-corrected chi connectivity index (χ0v) is 19.1. The van der Waals surface area contributed by atoms with Crippen molar-refractivity contribution in [3.63, 3.8) is 0 Å².